The zero-order valence-corrected chi connectivity index (χ0v) is 23.3. The Hall–Kier alpha value is -1.45. The number of ketones is 2. The van der Waals surface area contributed by atoms with Gasteiger partial charge in [0.25, 0.3) is 0 Å². The van der Waals surface area contributed by atoms with Crippen LogP contribution in [0.5, 0.6) is 0 Å². The van der Waals surface area contributed by atoms with Crippen LogP contribution in [0, 0.1) is 50.2 Å². The molecule has 0 aromatic carbocycles. The van der Waals surface area contributed by atoms with Gasteiger partial charge in [-0.15, -0.1) is 0 Å². The third-order valence-corrected chi connectivity index (χ3v) is 12.7. The second kappa shape index (κ2) is 7.32. The van der Waals surface area contributed by atoms with Crippen molar-refractivity contribution in [2.24, 2.45) is 50.2 Å². The van der Waals surface area contributed by atoms with Crippen LogP contribution in [0.2, 0.25) is 0 Å². The standard InChI is InChI=1S/C31H46O4/c1-26(2)13-15-31(25(34)35-8)16-14-30(7)24(19(31)18-26)20(32)17-22-28(5)11-10-23(33)27(3,4)21(28)9-12-29(22,30)6/h17,19,21,24H,9-16,18H2,1-8H3/t19?,21?,24-,28-,29+,30+,31-/m0/s1. The van der Waals surface area contributed by atoms with Gasteiger partial charge in [-0.25, -0.2) is 0 Å². The number of methoxy groups -OCH3 is 1. The third kappa shape index (κ3) is 3.00. The fraction of sp³-hybridized carbons (Fsp3) is 0.839. The van der Waals surface area contributed by atoms with Crippen LogP contribution in [-0.2, 0) is 19.1 Å². The third-order valence-electron chi connectivity index (χ3n) is 12.7. The Bertz CT molecular complexity index is 1020. The van der Waals surface area contributed by atoms with E-state index in [-0.39, 0.29) is 56.6 Å². The van der Waals surface area contributed by atoms with Gasteiger partial charge in [-0.3, -0.25) is 14.4 Å². The summed E-state index contributed by atoms with van der Waals surface area (Å²) in [5.41, 5.74) is 0.119. The van der Waals surface area contributed by atoms with Crippen LogP contribution in [0.1, 0.15) is 106 Å². The van der Waals surface area contributed by atoms with E-state index in [1.807, 2.05) is 6.08 Å². The number of allylic oxidation sites excluding steroid dienone is 2. The largest absolute Gasteiger partial charge is 0.469 e. The maximum atomic E-state index is 14.3. The Morgan fingerprint density at radius 2 is 1.57 bits per heavy atom. The Kier molecular flexibility index (Phi) is 5.27. The summed E-state index contributed by atoms with van der Waals surface area (Å²) in [7, 11) is 1.51. The molecule has 2 unspecified atom stereocenters. The summed E-state index contributed by atoms with van der Waals surface area (Å²) < 4.78 is 5.42. The van der Waals surface area contributed by atoms with E-state index in [9.17, 15) is 14.4 Å². The molecular weight excluding hydrogens is 436 g/mol. The number of Topliss-reactive ketones (excluding diaryl/α,β-unsaturated/α-hetero) is 1. The molecule has 0 heterocycles. The van der Waals surface area contributed by atoms with Crippen molar-refractivity contribution in [2.75, 3.05) is 7.11 Å². The molecule has 0 aliphatic heterocycles. The molecule has 7 atom stereocenters. The minimum Gasteiger partial charge on any atom is -0.469 e. The SMILES string of the molecule is COC(=O)[C@]12CCC(C)(C)CC1[C@H]1C(=O)C=C3[C@@]4(C)CCC(=O)C(C)(C)C4CC[C@@]3(C)[C@]1(C)CC2. The summed E-state index contributed by atoms with van der Waals surface area (Å²) in [5, 5.41) is 0. The maximum Gasteiger partial charge on any atom is 0.312 e. The number of hydrogen-bond donors (Lipinski definition) is 0. The van der Waals surface area contributed by atoms with Crippen LogP contribution < -0.4 is 0 Å². The minimum absolute atomic E-state index is 0.0227. The summed E-state index contributed by atoms with van der Waals surface area (Å²) in [4.78, 5) is 40.6. The first kappa shape index (κ1) is 25.2. The van der Waals surface area contributed by atoms with Crippen LogP contribution in [0.4, 0.5) is 0 Å². The fourth-order valence-electron chi connectivity index (χ4n) is 10.4. The summed E-state index contributed by atoms with van der Waals surface area (Å²) in [6, 6.07) is 0. The summed E-state index contributed by atoms with van der Waals surface area (Å²) >= 11 is 0. The molecule has 5 rings (SSSR count). The lowest BCUT2D eigenvalue weighted by Gasteiger charge is -2.69. The summed E-state index contributed by atoms with van der Waals surface area (Å²) in [6.07, 6.45) is 9.92. The first-order valence-electron chi connectivity index (χ1n) is 14.0. The highest BCUT2D eigenvalue weighted by Crippen LogP contribution is 2.74. The number of esters is 1. The smallest absolute Gasteiger partial charge is 0.312 e. The highest BCUT2D eigenvalue weighted by Gasteiger charge is 2.71. The van der Waals surface area contributed by atoms with E-state index in [1.54, 1.807) is 0 Å². The van der Waals surface area contributed by atoms with Crippen molar-refractivity contribution in [1.82, 2.24) is 0 Å². The molecule has 0 amide bonds. The fourth-order valence-corrected chi connectivity index (χ4v) is 10.4. The molecule has 4 nitrogen and oxygen atoms in total. The van der Waals surface area contributed by atoms with Crippen LogP contribution in [0.15, 0.2) is 11.6 Å². The highest BCUT2D eigenvalue weighted by atomic mass is 16.5. The zero-order chi connectivity index (χ0) is 25.8. The van der Waals surface area contributed by atoms with Gasteiger partial charge >= 0.3 is 5.97 Å². The van der Waals surface area contributed by atoms with Crippen LogP contribution >= 0.6 is 0 Å². The molecule has 0 bridgehead atoms. The van der Waals surface area contributed by atoms with Crippen molar-refractivity contribution < 1.29 is 19.1 Å². The average molecular weight is 483 g/mol. The predicted octanol–water partition coefficient (Wildman–Crippen LogP) is 6.71. The molecule has 5 aliphatic carbocycles. The topological polar surface area (TPSA) is 60.4 Å². The Labute approximate surface area is 212 Å². The first-order valence-corrected chi connectivity index (χ1v) is 14.0. The Morgan fingerprint density at radius 3 is 2.23 bits per heavy atom. The molecule has 194 valence electrons. The van der Waals surface area contributed by atoms with Crippen molar-refractivity contribution in [3.63, 3.8) is 0 Å². The lowest BCUT2D eigenvalue weighted by atomic mass is 9.34. The number of fused-ring (bicyclic) bond motifs is 7. The van der Waals surface area contributed by atoms with Gasteiger partial charge in [0.1, 0.15) is 5.78 Å². The first-order chi connectivity index (χ1) is 16.1. The second-order valence-corrected chi connectivity index (χ2v) is 15.0. The van der Waals surface area contributed by atoms with Gasteiger partial charge in [-0.2, -0.15) is 0 Å². The highest BCUT2D eigenvalue weighted by molar-refractivity contribution is 5.96. The molecule has 0 N–H and O–H groups in total. The van der Waals surface area contributed by atoms with Gasteiger partial charge in [0.2, 0.25) is 0 Å². The number of rotatable bonds is 1. The molecule has 5 aliphatic rings. The van der Waals surface area contributed by atoms with Crippen molar-refractivity contribution in [3.05, 3.63) is 11.6 Å². The van der Waals surface area contributed by atoms with Crippen LogP contribution in [0.3, 0.4) is 0 Å². The van der Waals surface area contributed by atoms with Crippen molar-refractivity contribution >= 4 is 17.5 Å². The quantitative estimate of drug-likeness (QED) is 0.390. The van der Waals surface area contributed by atoms with Gasteiger partial charge < -0.3 is 4.74 Å². The van der Waals surface area contributed by atoms with Gasteiger partial charge in [-0.1, -0.05) is 54.0 Å². The van der Waals surface area contributed by atoms with E-state index >= 15 is 0 Å². The van der Waals surface area contributed by atoms with Gasteiger partial charge in [-0.05, 0) is 90.9 Å². The molecule has 0 saturated heterocycles. The average Bonchev–Trinajstić information content (AvgIpc) is 2.77. The molecule has 0 spiro atoms. The van der Waals surface area contributed by atoms with Gasteiger partial charge in [0.15, 0.2) is 5.78 Å². The van der Waals surface area contributed by atoms with Crippen LogP contribution in [-0.4, -0.2) is 24.6 Å². The van der Waals surface area contributed by atoms with Gasteiger partial charge in [0, 0.05) is 17.8 Å². The lowest BCUT2D eigenvalue weighted by Crippen LogP contribution is -2.66. The Balaban J connectivity index is 1.65. The molecular formula is C31H46O4. The van der Waals surface area contributed by atoms with Crippen LogP contribution in [0.25, 0.3) is 0 Å². The Morgan fingerprint density at radius 1 is 0.914 bits per heavy atom. The van der Waals surface area contributed by atoms with E-state index in [2.05, 4.69) is 48.5 Å². The van der Waals surface area contributed by atoms with E-state index in [1.165, 1.54) is 12.7 Å². The lowest BCUT2D eigenvalue weighted by molar-refractivity contribution is -0.192. The molecule has 35 heavy (non-hydrogen) atoms. The second-order valence-electron chi connectivity index (χ2n) is 15.0. The molecule has 0 aromatic rings. The van der Waals surface area contributed by atoms with E-state index in [4.69, 9.17) is 4.74 Å². The summed E-state index contributed by atoms with van der Waals surface area (Å²) in [5.74, 6) is 0.648. The number of ether oxygens (including phenoxy) is 1. The zero-order valence-electron chi connectivity index (χ0n) is 23.3. The summed E-state index contributed by atoms with van der Waals surface area (Å²) in [6.45, 7) is 16.0. The number of carbonyl (C=O) groups is 3. The van der Waals surface area contributed by atoms with E-state index < -0.39 is 5.41 Å². The monoisotopic (exact) mass is 482 g/mol. The number of hydrogen-bond acceptors (Lipinski definition) is 4. The van der Waals surface area contributed by atoms with Crippen molar-refractivity contribution in [3.8, 4) is 0 Å². The molecule has 4 heteroatoms. The van der Waals surface area contributed by atoms with Crippen molar-refractivity contribution in [2.45, 2.75) is 106 Å². The van der Waals surface area contributed by atoms with Crippen molar-refractivity contribution in [1.29, 1.82) is 0 Å². The molecule has 4 saturated carbocycles. The van der Waals surface area contributed by atoms with Gasteiger partial charge in [0.05, 0.1) is 12.5 Å². The molecule has 4 fully saturated rings. The predicted molar refractivity (Wildman–Crippen MR) is 136 cm³/mol. The normalized spacial score (nSPS) is 48.0. The number of carbonyl (C=O) groups excluding carboxylic acids is 3. The van der Waals surface area contributed by atoms with E-state index in [0.29, 0.717) is 12.2 Å². The maximum absolute atomic E-state index is 14.3. The van der Waals surface area contributed by atoms with E-state index in [0.717, 1.165) is 51.4 Å². The molecule has 0 aromatic heterocycles. The minimum atomic E-state index is -0.536. The molecule has 0 radical (unpaired) electrons.